The first-order valence-electron chi connectivity index (χ1n) is 7.12. The molecule has 20 heavy (non-hydrogen) atoms. The van der Waals surface area contributed by atoms with Crippen LogP contribution in [0, 0.1) is 13.8 Å². The molecule has 0 saturated heterocycles. The van der Waals surface area contributed by atoms with Gasteiger partial charge in [-0.1, -0.05) is 49.2 Å². The van der Waals surface area contributed by atoms with Gasteiger partial charge in [0.2, 0.25) is 0 Å². The van der Waals surface area contributed by atoms with Crippen LogP contribution in [0.3, 0.4) is 0 Å². The van der Waals surface area contributed by atoms with Crippen LogP contribution in [0.4, 0.5) is 0 Å². The number of aryl methyl sites for hydroxylation is 2. The lowest BCUT2D eigenvalue weighted by Gasteiger charge is -2.14. The van der Waals surface area contributed by atoms with Crippen LogP contribution in [0.25, 0.3) is 0 Å². The lowest BCUT2D eigenvalue weighted by atomic mass is 10.1. The van der Waals surface area contributed by atoms with Gasteiger partial charge in [0.05, 0.1) is 0 Å². The average Bonchev–Trinajstić information content (AvgIpc) is 2.41. The zero-order valence-corrected chi connectivity index (χ0v) is 12.7. The number of hydrogen-bond acceptors (Lipinski definition) is 2. The highest BCUT2D eigenvalue weighted by atomic mass is 16.5. The molecule has 0 saturated carbocycles. The summed E-state index contributed by atoms with van der Waals surface area (Å²) in [6.07, 6.45) is 0. The Hall–Kier alpha value is -1.80. The maximum atomic E-state index is 6.01. The minimum absolute atomic E-state index is 0.461. The molecule has 0 fully saturated rings. The van der Waals surface area contributed by atoms with Gasteiger partial charge < -0.3 is 10.1 Å². The molecular formula is C18H23NO. The van der Waals surface area contributed by atoms with E-state index in [2.05, 4.69) is 57.3 Å². The van der Waals surface area contributed by atoms with Crippen molar-refractivity contribution in [3.63, 3.8) is 0 Å². The number of benzene rings is 2. The summed E-state index contributed by atoms with van der Waals surface area (Å²) in [5.74, 6) is 1.80. The van der Waals surface area contributed by atoms with Gasteiger partial charge in [-0.2, -0.15) is 0 Å². The van der Waals surface area contributed by atoms with Crippen LogP contribution in [-0.2, 0) is 6.54 Å². The van der Waals surface area contributed by atoms with E-state index < -0.39 is 0 Å². The van der Waals surface area contributed by atoms with Crippen LogP contribution in [0.5, 0.6) is 11.5 Å². The van der Waals surface area contributed by atoms with Crippen LogP contribution in [0.2, 0.25) is 0 Å². The van der Waals surface area contributed by atoms with Crippen molar-refractivity contribution < 1.29 is 4.74 Å². The highest BCUT2D eigenvalue weighted by molar-refractivity contribution is 5.40. The Labute approximate surface area is 121 Å². The van der Waals surface area contributed by atoms with Gasteiger partial charge in [0.1, 0.15) is 11.5 Å². The lowest BCUT2D eigenvalue weighted by Crippen LogP contribution is -2.22. The summed E-state index contributed by atoms with van der Waals surface area (Å²) in [4.78, 5) is 0. The molecule has 1 N–H and O–H groups in total. The Morgan fingerprint density at radius 2 is 1.60 bits per heavy atom. The topological polar surface area (TPSA) is 21.3 Å². The number of hydrogen-bond donors (Lipinski definition) is 1. The molecule has 0 aliphatic carbocycles. The molecule has 2 aromatic rings. The molecule has 0 heterocycles. The first kappa shape index (κ1) is 14.6. The Morgan fingerprint density at radius 1 is 0.950 bits per heavy atom. The molecule has 0 aliphatic heterocycles. The van der Waals surface area contributed by atoms with Gasteiger partial charge >= 0.3 is 0 Å². The highest BCUT2D eigenvalue weighted by Gasteiger charge is 2.06. The maximum absolute atomic E-state index is 6.01. The van der Waals surface area contributed by atoms with Gasteiger partial charge in [-0.15, -0.1) is 0 Å². The van der Waals surface area contributed by atoms with E-state index in [0.717, 1.165) is 18.0 Å². The molecule has 0 spiro atoms. The minimum atomic E-state index is 0.461. The molecule has 2 nitrogen and oxygen atoms in total. The second-order valence-corrected chi connectivity index (χ2v) is 5.56. The van der Waals surface area contributed by atoms with Crippen LogP contribution in [0.15, 0.2) is 42.5 Å². The SMILES string of the molecule is Cc1ccc(Oc2ccc(C)cc2CNC(C)C)cc1. The summed E-state index contributed by atoms with van der Waals surface area (Å²) in [6, 6.07) is 14.9. The number of rotatable bonds is 5. The minimum Gasteiger partial charge on any atom is -0.457 e. The fraction of sp³-hybridized carbons (Fsp3) is 0.333. The summed E-state index contributed by atoms with van der Waals surface area (Å²) in [7, 11) is 0. The molecule has 0 radical (unpaired) electrons. The van der Waals surface area contributed by atoms with E-state index in [4.69, 9.17) is 4.74 Å². The molecule has 106 valence electrons. The maximum Gasteiger partial charge on any atom is 0.131 e. The van der Waals surface area contributed by atoms with Crippen LogP contribution in [0.1, 0.15) is 30.5 Å². The second kappa shape index (κ2) is 6.58. The first-order valence-corrected chi connectivity index (χ1v) is 7.12. The van der Waals surface area contributed by atoms with E-state index >= 15 is 0 Å². The van der Waals surface area contributed by atoms with Crippen molar-refractivity contribution in [1.29, 1.82) is 0 Å². The van der Waals surface area contributed by atoms with Crippen molar-refractivity contribution in [1.82, 2.24) is 5.32 Å². The van der Waals surface area contributed by atoms with Gasteiger partial charge in [-0.25, -0.2) is 0 Å². The van der Waals surface area contributed by atoms with Crippen molar-refractivity contribution >= 4 is 0 Å². The predicted octanol–water partition coefficient (Wildman–Crippen LogP) is 4.59. The standard InChI is InChI=1S/C18H23NO/c1-13(2)19-12-16-11-15(4)7-10-18(16)20-17-8-5-14(3)6-9-17/h5-11,13,19H,12H2,1-4H3. The third-order valence-corrected chi connectivity index (χ3v) is 3.17. The van der Waals surface area contributed by atoms with Crippen molar-refractivity contribution in [2.75, 3.05) is 0 Å². The number of nitrogens with one attached hydrogen (secondary N) is 1. The molecule has 0 aromatic heterocycles. The summed E-state index contributed by atoms with van der Waals surface area (Å²) < 4.78 is 6.01. The molecule has 0 atom stereocenters. The fourth-order valence-corrected chi connectivity index (χ4v) is 1.99. The average molecular weight is 269 g/mol. The van der Waals surface area contributed by atoms with Gasteiger partial charge in [-0.05, 0) is 32.0 Å². The van der Waals surface area contributed by atoms with Crippen molar-refractivity contribution in [2.45, 2.75) is 40.3 Å². The van der Waals surface area contributed by atoms with Crippen LogP contribution < -0.4 is 10.1 Å². The van der Waals surface area contributed by atoms with Gasteiger partial charge in [0, 0.05) is 18.2 Å². The Kier molecular flexibility index (Phi) is 4.80. The first-order chi connectivity index (χ1) is 9.54. The van der Waals surface area contributed by atoms with E-state index in [1.54, 1.807) is 0 Å². The highest BCUT2D eigenvalue weighted by Crippen LogP contribution is 2.26. The molecule has 0 bridgehead atoms. The third kappa shape index (κ3) is 4.10. The van der Waals surface area contributed by atoms with Crippen molar-refractivity contribution in [3.8, 4) is 11.5 Å². The summed E-state index contributed by atoms with van der Waals surface area (Å²) in [5.41, 5.74) is 3.68. The number of ether oxygens (including phenoxy) is 1. The van der Waals surface area contributed by atoms with Gasteiger partial charge in [0.15, 0.2) is 0 Å². The molecule has 0 aliphatic rings. The van der Waals surface area contributed by atoms with E-state index in [-0.39, 0.29) is 0 Å². The van der Waals surface area contributed by atoms with E-state index in [9.17, 15) is 0 Å². The largest absolute Gasteiger partial charge is 0.457 e. The quantitative estimate of drug-likeness (QED) is 0.857. The Bertz CT molecular complexity index is 558. The van der Waals surface area contributed by atoms with Crippen LogP contribution in [-0.4, -0.2) is 6.04 Å². The second-order valence-electron chi connectivity index (χ2n) is 5.56. The van der Waals surface area contributed by atoms with E-state index in [1.807, 2.05) is 18.2 Å². The molecular weight excluding hydrogens is 246 g/mol. The lowest BCUT2D eigenvalue weighted by molar-refractivity contribution is 0.469. The third-order valence-electron chi connectivity index (χ3n) is 3.17. The predicted molar refractivity (Wildman–Crippen MR) is 84.4 cm³/mol. The zero-order chi connectivity index (χ0) is 14.5. The summed E-state index contributed by atoms with van der Waals surface area (Å²) in [5, 5.41) is 3.44. The van der Waals surface area contributed by atoms with Gasteiger partial charge in [-0.3, -0.25) is 0 Å². The molecule has 0 unspecified atom stereocenters. The Morgan fingerprint density at radius 3 is 2.25 bits per heavy atom. The normalized spacial score (nSPS) is 10.8. The summed E-state index contributed by atoms with van der Waals surface area (Å²) in [6.45, 7) is 9.30. The summed E-state index contributed by atoms with van der Waals surface area (Å²) >= 11 is 0. The van der Waals surface area contributed by atoms with Crippen molar-refractivity contribution in [3.05, 3.63) is 59.2 Å². The van der Waals surface area contributed by atoms with Gasteiger partial charge in [0.25, 0.3) is 0 Å². The molecule has 0 amide bonds. The smallest absolute Gasteiger partial charge is 0.131 e. The van der Waals surface area contributed by atoms with E-state index in [0.29, 0.717) is 6.04 Å². The van der Waals surface area contributed by atoms with Crippen molar-refractivity contribution in [2.24, 2.45) is 0 Å². The fourth-order valence-electron chi connectivity index (χ4n) is 1.99. The zero-order valence-electron chi connectivity index (χ0n) is 12.7. The molecule has 2 heteroatoms. The Balaban J connectivity index is 2.19. The molecule has 2 aromatic carbocycles. The monoisotopic (exact) mass is 269 g/mol. The molecule has 2 rings (SSSR count). The van der Waals surface area contributed by atoms with E-state index in [1.165, 1.54) is 16.7 Å². The van der Waals surface area contributed by atoms with Crippen LogP contribution >= 0.6 is 0 Å².